The fourth-order valence-corrected chi connectivity index (χ4v) is 1.88. The highest BCUT2D eigenvalue weighted by Crippen LogP contribution is 2.31. The van der Waals surface area contributed by atoms with Crippen molar-refractivity contribution in [2.45, 2.75) is 26.4 Å². The molecule has 0 aliphatic carbocycles. The molecule has 126 valence electrons. The number of rotatable bonds is 4. The first kappa shape index (κ1) is 17.3. The van der Waals surface area contributed by atoms with E-state index in [0.717, 1.165) is 0 Å². The number of hydrogen-bond donors (Lipinski definition) is 2. The van der Waals surface area contributed by atoms with Crippen LogP contribution in [0.4, 0.5) is 10.5 Å². The Balaban J connectivity index is 2.29. The zero-order chi connectivity index (χ0) is 17.7. The third-order valence-electron chi connectivity index (χ3n) is 2.83. The summed E-state index contributed by atoms with van der Waals surface area (Å²) < 4.78 is 10.9. The number of para-hydroxylation sites is 1. The number of carboxylic acid groups (broad SMARTS) is 1. The van der Waals surface area contributed by atoms with Gasteiger partial charge in [-0.3, -0.25) is 5.32 Å². The molecule has 0 atom stereocenters. The average Bonchev–Trinajstić information content (AvgIpc) is 2.48. The summed E-state index contributed by atoms with van der Waals surface area (Å²) in [6.45, 7) is 5.21. The lowest BCUT2D eigenvalue weighted by Gasteiger charge is -2.20. The molecule has 0 unspecified atom stereocenters. The van der Waals surface area contributed by atoms with Crippen molar-refractivity contribution in [1.82, 2.24) is 0 Å². The van der Waals surface area contributed by atoms with Crippen molar-refractivity contribution in [2.75, 3.05) is 5.32 Å². The van der Waals surface area contributed by atoms with Crippen LogP contribution in [0.5, 0.6) is 11.5 Å². The average molecular weight is 329 g/mol. The van der Waals surface area contributed by atoms with Crippen molar-refractivity contribution >= 4 is 17.7 Å². The smallest absolute Gasteiger partial charge is 0.412 e. The van der Waals surface area contributed by atoms with Crippen LogP contribution < -0.4 is 10.1 Å². The molecule has 0 bridgehead atoms. The number of carboxylic acids is 1. The minimum absolute atomic E-state index is 0.0291. The molecular weight excluding hydrogens is 310 g/mol. The van der Waals surface area contributed by atoms with Crippen LogP contribution in [0.3, 0.4) is 0 Å². The fourth-order valence-electron chi connectivity index (χ4n) is 1.88. The fraction of sp³-hybridized carbons (Fsp3) is 0.222. The predicted molar refractivity (Wildman–Crippen MR) is 89.8 cm³/mol. The Morgan fingerprint density at radius 3 is 2.29 bits per heavy atom. The Morgan fingerprint density at radius 1 is 1.04 bits per heavy atom. The number of carbonyl (C=O) groups is 2. The minimum atomic E-state index is -1.10. The maximum atomic E-state index is 12.0. The van der Waals surface area contributed by atoms with Crippen LogP contribution in [-0.4, -0.2) is 22.8 Å². The number of ether oxygens (including phenoxy) is 2. The summed E-state index contributed by atoms with van der Waals surface area (Å²) in [6.07, 6.45) is -0.692. The van der Waals surface area contributed by atoms with Crippen molar-refractivity contribution in [1.29, 1.82) is 0 Å². The Kier molecular flexibility index (Phi) is 5.08. The third kappa shape index (κ3) is 5.01. The van der Waals surface area contributed by atoms with Gasteiger partial charge >= 0.3 is 12.1 Å². The molecule has 0 aliphatic rings. The highest BCUT2D eigenvalue weighted by atomic mass is 16.6. The van der Waals surface area contributed by atoms with Gasteiger partial charge in [-0.25, -0.2) is 9.59 Å². The standard InChI is InChI=1S/C18H19NO5/c1-18(2,3)24-17(22)19-14-11-12(16(20)21)9-10-15(14)23-13-7-5-4-6-8-13/h4-11H,1-3H3,(H,19,22)(H,20,21). The largest absolute Gasteiger partial charge is 0.478 e. The number of aromatic carboxylic acids is 1. The zero-order valence-corrected chi connectivity index (χ0v) is 13.7. The molecule has 0 radical (unpaired) electrons. The molecule has 0 fully saturated rings. The second-order valence-corrected chi connectivity index (χ2v) is 6.06. The highest BCUT2D eigenvalue weighted by molar-refractivity contribution is 5.93. The maximum absolute atomic E-state index is 12.0. The van der Waals surface area contributed by atoms with Crippen LogP contribution >= 0.6 is 0 Å². The first-order chi connectivity index (χ1) is 11.2. The molecule has 0 aromatic heterocycles. The van der Waals surface area contributed by atoms with Crippen LogP contribution in [-0.2, 0) is 4.74 Å². The molecule has 0 heterocycles. The number of amides is 1. The monoisotopic (exact) mass is 329 g/mol. The molecule has 2 aromatic carbocycles. The molecule has 6 nitrogen and oxygen atoms in total. The lowest BCUT2D eigenvalue weighted by Crippen LogP contribution is -2.27. The van der Waals surface area contributed by atoms with E-state index in [4.69, 9.17) is 14.6 Å². The van der Waals surface area contributed by atoms with Gasteiger partial charge in [0.25, 0.3) is 0 Å². The first-order valence-electron chi connectivity index (χ1n) is 7.35. The van der Waals surface area contributed by atoms with Gasteiger partial charge in [0, 0.05) is 0 Å². The van der Waals surface area contributed by atoms with Gasteiger partial charge in [0.1, 0.15) is 11.4 Å². The van der Waals surface area contributed by atoms with E-state index in [1.54, 1.807) is 32.9 Å². The van der Waals surface area contributed by atoms with Gasteiger partial charge in [0.15, 0.2) is 5.75 Å². The Labute approximate surface area is 140 Å². The summed E-state index contributed by atoms with van der Waals surface area (Å²) in [5, 5.41) is 11.7. The molecule has 24 heavy (non-hydrogen) atoms. The Hall–Kier alpha value is -3.02. The van der Waals surface area contributed by atoms with E-state index in [2.05, 4.69) is 5.32 Å². The normalized spacial score (nSPS) is 10.8. The quantitative estimate of drug-likeness (QED) is 0.861. The number of carbonyl (C=O) groups excluding carboxylic acids is 1. The van der Waals surface area contributed by atoms with Gasteiger partial charge in [-0.1, -0.05) is 18.2 Å². The zero-order valence-electron chi connectivity index (χ0n) is 13.7. The molecule has 0 spiro atoms. The second kappa shape index (κ2) is 7.04. The highest BCUT2D eigenvalue weighted by Gasteiger charge is 2.19. The van der Waals surface area contributed by atoms with Crippen molar-refractivity contribution in [3.05, 3.63) is 54.1 Å². The summed E-state index contributed by atoms with van der Waals surface area (Å²) in [7, 11) is 0. The maximum Gasteiger partial charge on any atom is 0.412 e. The first-order valence-corrected chi connectivity index (χ1v) is 7.35. The number of anilines is 1. The van der Waals surface area contributed by atoms with Crippen LogP contribution in [0.1, 0.15) is 31.1 Å². The van der Waals surface area contributed by atoms with Gasteiger partial charge in [-0.15, -0.1) is 0 Å². The van der Waals surface area contributed by atoms with Crippen molar-refractivity contribution in [2.24, 2.45) is 0 Å². The molecule has 2 N–H and O–H groups in total. The van der Waals surface area contributed by atoms with E-state index < -0.39 is 17.7 Å². The molecule has 1 amide bonds. The molecule has 0 saturated carbocycles. The Bertz CT molecular complexity index is 735. The van der Waals surface area contributed by atoms with Crippen LogP contribution in [0.15, 0.2) is 48.5 Å². The molecule has 2 rings (SSSR count). The summed E-state index contributed by atoms with van der Waals surface area (Å²) in [5.41, 5.74) is -0.427. The van der Waals surface area contributed by atoms with E-state index in [0.29, 0.717) is 11.5 Å². The van der Waals surface area contributed by atoms with Crippen LogP contribution in [0.2, 0.25) is 0 Å². The topological polar surface area (TPSA) is 84.9 Å². The van der Waals surface area contributed by atoms with Gasteiger partial charge in [-0.2, -0.15) is 0 Å². The van der Waals surface area contributed by atoms with E-state index >= 15 is 0 Å². The number of hydrogen-bond acceptors (Lipinski definition) is 4. The lowest BCUT2D eigenvalue weighted by atomic mass is 10.2. The summed E-state index contributed by atoms with van der Waals surface area (Å²) in [6, 6.07) is 13.2. The number of benzene rings is 2. The van der Waals surface area contributed by atoms with Crippen LogP contribution in [0.25, 0.3) is 0 Å². The van der Waals surface area contributed by atoms with E-state index in [1.807, 2.05) is 18.2 Å². The van der Waals surface area contributed by atoms with Crippen molar-refractivity contribution in [3.8, 4) is 11.5 Å². The van der Waals surface area contributed by atoms with Gasteiger partial charge in [0.2, 0.25) is 0 Å². The molecule has 0 aliphatic heterocycles. The Morgan fingerprint density at radius 2 is 1.71 bits per heavy atom. The summed E-state index contributed by atoms with van der Waals surface area (Å²) >= 11 is 0. The lowest BCUT2D eigenvalue weighted by molar-refractivity contribution is 0.0632. The van der Waals surface area contributed by atoms with E-state index in [-0.39, 0.29) is 11.3 Å². The van der Waals surface area contributed by atoms with Crippen molar-refractivity contribution in [3.63, 3.8) is 0 Å². The molecule has 2 aromatic rings. The molecular formula is C18H19NO5. The third-order valence-corrected chi connectivity index (χ3v) is 2.83. The van der Waals surface area contributed by atoms with Gasteiger partial charge in [0.05, 0.1) is 11.3 Å². The predicted octanol–water partition coefficient (Wildman–Crippen LogP) is 4.52. The van der Waals surface area contributed by atoms with Gasteiger partial charge in [-0.05, 0) is 51.1 Å². The van der Waals surface area contributed by atoms with Crippen molar-refractivity contribution < 1.29 is 24.2 Å². The van der Waals surface area contributed by atoms with E-state index in [1.165, 1.54) is 18.2 Å². The van der Waals surface area contributed by atoms with Gasteiger partial charge < -0.3 is 14.6 Å². The minimum Gasteiger partial charge on any atom is -0.478 e. The molecule has 0 saturated heterocycles. The SMILES string of the molecule is CC(C)(C)OC(=O)Nc1cc(C(=O)O)ccc1Oc1ccccc1. The summed E-state index contributed by atoms with van der Waals surface area (Å²) in [5.74, 6) is -0.224. The summed E-state index contributed by atoms with van der Waals surface area (Å²) in [4.78, 5) is 23.1. The van der Waals surface area contributed by atoms with E-state index in [9.17, 15) is 9.59 Å². The molecule has 6 heteroatoms. The second-order valence-electron chi connectivity index (χ2n) is 6.06. The number of nitrogens with one attached hydrogen (secondary N) is 1. The van der Waals surface area contributed by atoms with Crippen LogP contribution in [0, 0.1) is 0 Å².